The lowest BCUT2D eigenvalue weighted by atomic mass is 10.1. The van der Waals surface area contributed by atoms with E-state index in [0.29, 0.717) is 10.0 Å². The summed E-state index contributed by atoms with van der Waals surface area (Å²) in [5, 5.41) is 5.05. The number of rotatable bonds is 7. The summed E-state index contributed by atoms with van der Waals surface area (Å²) in [6, 6.07) is 10.5. The van der Waals surface area contributed by atoms with Gasteiger partial charge < -0.3 is 4.74 Å². The SMILES string of the molecule is COC(=O)CC(NS(=O)(=O)c1cccc(S(N)(=O)=O)c1)c1cccc(Br)c1. The topological polar surface area (TPSA) is 133 Å². The van der Waals surface area contributed by atoms with E-state index >= 15 is 0 Å². The Morgan fingerprint density at radius 3 is 2.33 bits per heavy atom. The quantitative estimate of drug-likeness (QED) is 0.583. The molecule has 0 amide bonds. The maximum absolute atomic E-state index is 12.7. The van der Waals surface area contributed by atoms with Crippen molar-refractivity contribution >= 4 is 41.9 Å². The highest BCUT2D eigenvalue weighted by molar-refractivity contribution is 9.10. The third-order valence-corrected chi connectivity index (χ3v) is 6.46. The summed E-state index contributed by atoms with van der Waals surface area (Å²) < 4.78 is 56.2. The van der Waals surface area contributed by atoms with E-state index in [-0.39, 0.29) is 16.2 Å². The maximum Gasteiger partial charge on any atom is 0.307 e. The Balaban J connectivity index is 2.42. The molecule has 0 saturated heterocycles. The van der Waals surface area contributed by atoms with Crippen LogP contribution in [0.5, 0.6) is 0 Å². The van der Waals surface area contributed by atoms with Crippen LogP contribution < -0.4 is 9.86 Å². The van der Waals surface area contributed by atoms with Crippen LogP contribution in [0.2, 0.25) is 0 Å². The third-order valence-electron chi connectivity index (χ3n) is 3.59. The molecule has 8 nitrogen and oxygen atoms in total. The van der Waals surface area contributed by atoms with Crippen LogP contribution >= 0.6 is 15.9 Å². The van der Waals surface area contributed by atoms with Crippen LogP contribution in [0.4, 0.5) is 0 Å². The molecule has 146 valence electrons. The molecule has 0 aliphatic heterocycles. The first kappa shape index (κ1) is 21.5. The maximum atomic E-state index is 12.7. The Labute approximate surface area is 166 Å². The Morgan fingerprint density at radius 2 is 1.74 bits per heavy atom. The van der Waals surface area contributed by atoms with Gasteiger partial charge in [0.25, 0.3) is 0 Å². The second kappa shape index (κ2) is 8.48. The highest BCUT2D eigenvalue weighted by Gasteiger charge is 2.25. The number of esters is 1. The van der Waals surface area contributed by atoms with Crippen molar-refractivity contribution in [3.63, 3.8) is 0 Å². The minimum absolute atomic E-state index is 0.249. The van der Waals surface area contributed by atoms with Gasteiger partial charge >= 0.3 is 5.97 Å². The van der Waals surface area contributed by atoms with Crippen molar-refractivity contribution in [2.24, 2.45) is 5.14 Å². The van der Waals surface area contributed by atoms with Gasteiger partial charge in [-0.1, -0.05) is 34.1 Å². The Bertz CT molecular complexity index is 1050. The molecule has 0 fully saturated rings. The van der Waals surface area contributed by atoms with Crippen LogP contribution in [-0.2, 0) is 29.6 Å². The molecule has 0 aromatic heterocycles. The zero-order valence-electron chi connectivity index (χ0n) is 14.1. The normalized spacial score (nSPS) is 13.1. The average Bonchev–Trinajstić information content (AvgIpc) is 2.60. The molecular weight excluding hydrogens is 460 g/mol. The number of ether oxygens (including phenoxy) is 1. The van der Waals surface area contributed by atoms with Crippen LogP contribution in [-0.4, -0.2) is 29.9 Å². The fraction of sp³-hybridized carbons (Fsp3) is 0.188. The van der Waals surface area contributed by atoms with E-state index in [9.17, 15) is 21.6 Å². The van der Waals surface area contributed by atoms with E-state index in [1.807, 2.05) is 0 Å². The number of nitrogens with one attached hydrogen (secondary N) is 1. The molecule has 27 heavy (non-hydrogen) atoms. The molecule has 11 heteroatoms. The second-order valence-electron chi connectivity index (χ2n) is 5.53. The molecular formula is C16H17BrN2O6S2. The molecule has 3 N–H and O–H groups in total. The molecule has 0 saturated carbocycles. The van der Waals surface area contributed by atoms with E-state index in [4.69, 9.17) is 5.14 Å². The Hall–Kier alpha value is -1.79. The summed E-state index contributed by atoms with van der Waals surface area (Å²) >= 11 is 3.30. The standard InChI is InChI=1S/C16H17BrN2O6S2/c1-25-16(20)10-15(11-4-2-5-12(17)8-11)19-27(23,24)14-7-3-6-13(9-14)26(18,21)22/h2-9,15,19H,10H2,1H3,(H2,18,21,22). The van der Waals surface area contributed by atoms with Gasteiger partial charge in [-0.2, -0.15) is 0 Å². The number of sulfonamides is 2. The van der Waals surface area contributed by atoms with Gasteiger partial charge in [0.15, 0.2) is 0 Å². The molecule has 2 aromatic carbocycles. The zero-order chi connectivity index (χ0) is 20.2. The molecule has 0 aliphatic rings. The highest BCUT2D eigenvalue weighted by atomic mass is 79.9. The smallest absolute Gasteiger partial charge is 0.307 e. The number of hydrogen-bond donors (Lipinski definition) is 2. The van der Waals surface area contributed by atoms with Crippen molar-refractivity contribution in [1.29, 1.82) is 0 Å². The number of benzene rings is 2. The van der Waals surface area contributed by atoms with Gasteiger partial charge in [-0.25, -0.2) is 26.7 Å². The number of carbonyl (C=O) groups is 1. The number of methoxy groups -OCH3 is 1. The van der Waals surface area contributed by atoms with Gasteiger partial charge in [-0.05, 0) is 35.9 Å². The predicted molar refractivity (Wildman–Crippen MR) is 102 cm³/mol. The number of nitrogens with two attached hydrogens (primary N) is 1. The van der Waals surface area contributed by atoms with Gasteiger partial charge in [0.05, 0.1) is 29.4 Å². The molecule has 0 spiro atoms. The molecule has 2 rings (SSSR count). The Kier molecular flexibility index (Phi) is 6.76. The third kappa shape index (κ3) is 5.84. The van der Waals surface area contributed by atoms with Crippen molar-refractivity contribution in [3.05, 3.63) is 58.6 Å². The van der Waals surface area contributed by atoms with Crippen molar-refractivity contribution in [1.82, 2.24) is 4.72 Å². The summed E-state index contributed by atoms with van der Waals surface area (Å²) in [6.45, 7) is 0. The van der Waals surface area contributed by atoms with Crippen LogP contribution in [0.3, 0.4) is 0 Å². The van der Waals surface area contributed by atoms with Gasteiger partial charge in [0, 0.05) is 4.47 Å². The first-order chi connectivity index (χ1) is 12.5. The van der Waals surface area contributed by atoms with Crippen LogP contribution in [0.15, 0.2) is 62.8 Å². The first-order valence-corrected chi connectivity index (χ1v) is 11.3. The summed E-state index contributed by atoms with van der Waals surface area (Å²) in [7, 11) is -7.02. The lowest BCUT2D eigenvalue weighted by Gasteiger charge is -2.19. The molecule has 1 unspecified atom stereocenters. The Morgan fingerprint density at radius 1 is 1.11 bits per heavy atom. The average molecular weight is 477 g/mol. The van der Waals surface area contributed by atoms with Crippen LogP contribution in [0.1, 0.15) is 18.0 Å². The lowest BCUT2D eigenvalue weighted by Crippen LogP contribution is -2.30. The summed E-state index contributed by atoms with van der Waals surface area (Å²) in [4.78, 5) is 11.1. The largest absolute Gasteiger partial charge is 0.469 e. The van der Waals surface area contributed by atoms with Gasteiger partial charge in [-0.3, -0.25) is 4.79 Å². The van der Waals surface area contributed by atoms with E-state index < -0.39 is 32.1 Å². The minimum Gasteiger partial charge on any atom is -0.469 e. The first-order valence-electron chi connectivity index (χ1n) is 7.50. The number of primary sulfonamides is 1. The molecule has 1 atom stereocenters. The number of hydrogen-bond acceptors (Lipinski definition) is 6. The highest BCUT2D eigenvalue weighted by Crippen LogP contribution is 2.24. The molecule has 0 aliphatic carbocycles. The van der Waals surface area contributed by atoms with Crippen molar-refractivity contribution < 1.29 is 26.4 Å². The molecule has 0 radical (unpaired) electrons. The van der Waals surface area contributed by atoms with E-state index in [2.05, 4.69) is 25.4 Å². The van der Waals surface area contributed by atoms with Gasteiger partial charge in [0.1, 0.15) is 0 Å². The van der Waals surface area contributed by atoms with Crippen LogP contribution in [0, 0.1) is 0 Å². The van der Waals surface area contributed by atoms with E-state index in [0.717, 1.165) is 6.07 Å². The fourth-order valence-corrected chi connectivity index (χ4v) is 4.60. The fourth-order valence-electron chi connectivity index (χ4n) is 2.27. The van der Waals surface area contributed by atoms with Crippen molar-refractivity contribution in [3.8, 4) is 0 Å². The molecule has 0 bridgehead atoms. The van der Waals surface area contributed by atoms with E-state index in [1.165, 1.54) is 25.3 Å². The number of halogens is 1. The second-order valence-corrected chi connectivity index (χ2v) is 9.72. The summed E-state index contributed by atoms with van der Waals surface area (Å²) in [6.07, 6.45) is -0.249. The summed E-state index contributed by atoms with van der Waals surface area (Å²) in [5.74, 6) is -0.610. The van der Waals surface area contributed by atoms with Crippen molar-refractivity contribution in [2.45, 2.75) is 22.3 Å². The van der Waals surface area contributed by atoms with Gasteiger partial charge in [-0.15, -0.1) is 0 Å². The van der Waals surface area contributed by atoms with E-state index in [1.54, 1.807) is 24.3 Å². The molecule has 2 aromatic rings. The minimum atomic E-state index is -4.15. The van der Waals surface area contributed by atoms with Crippen LogP contribution in [0.25, 0.3) is 0 Å². The monoisotopic (exact) mass is 476 g/mol. The molecule has 0 heterocycles. The summed E-state index contributed by atoms with van der Waals surface area (Å²) in [5.41, 5.74) is 0.529. The zero-order valence-corrected chi connectivity index (χ0v) is 17.3. The lowest BCUT2D eigenvalue weighted by molar-refractivity contribution is -0.141. The van der Waals surface area contributed by atoms with Gasteiger partial charge in [0.2, 0.25) is 20.0 Å². The predicted octanol–water partition coefficient (Wildman–Crippen LogP) is 1.68. The van der Waals surface area contributed by atoms with Crippen molar-refractivity contribution in [2.75, 3.05) is 7.11 Å². The number of carbonyl (C=O) groups excluding carboxylic acids is 1.